The van der Waals surface area contributed by atoms with Gasteiger partial charge >= 0.3 is 6.09 Å². The Labute approximate surface area is 216 Å². The van der Waals surface area contributed by atoms with Crippen LogP contribution in [-0.2, 0) is 14.3 Å². The summed E-state index contributed by atoms with van der Waals surface area (Å²) in [5, 5.41) is 13.4. The number of methoxy groups -OCH3 is 1. The first-order valence-electron chi connectivity index (χ1n) is 11.1. The molecule has 2 amide bonds. The van der Waals surface area contributed by atoms with Crippen molar-refractivity contribution < 1.29 is 29.0 Å². The van der Waals surface area contributed by atoms with E-state index in [1.807, 2.05) is 17.5 Å². The number of rotatable bonds is 5. The van der Waals surface area contributed by atoms with E-state index < -0.39 is 23.8 Å². The maximum atomic E-state index is 13.3. The van der Waals surface area contributed by atoms with E-state index in [-0.39, 0.29) is 45.3 Å². The number of ether oxygens (including phenoxy) is 2. The Morgan fingerprint density at radius 1 is 1.20 bits per heavy atom. The highest BCUT2D eigenvalue weighted by atomic mass is 35.5. The van der Waals surface area contributed by atoms with Gasteiger partial charge in [-0.25, -0.2) is 4.79 Å². The molecule has 1 aromatic carbocycles. The number of amides is 2. The molecular formula is C24H24Cl2N2O6S. The Kier molecular flexibility index (Phi) is 7.59. The fraction of sp³-hybridized carbons (Fsp3) is 0.375. The van der Waals surface area contributed by atoms with Crippen LogP contribution in [-0.4, -0.2) is 65.5 Å². The average Bonchev–Trinajstić information content (AvgIpc) is 3.45. The highest BCUT2D eigenvalue weighted by Gasteiger charge is 2.49. The largest absolute Gasteiger partial charge is 0.507 e. The minimum Gasteiger partial charge on any atom is -0.507 e. The molecule has 2 aliphatic heterocycles. The van der Waals surface area contributed by atoms with Gasteiger partial charge in [-0.3, -0.25) is 9.59 Å². The lowest BCUT2D eigenvalue weighted by Gasteiger charge is -2.38. The van der Waals surface area contributed by atoms with E-state index in [4.69, 9.17) is 32.7 Å². The van der Waals surface area contributed by atoms with E-state index in [0.29, 0.717) is 25.9 Å². The Bertz CT molecular complexity index is 1150. The molecule has 2 aliphatic rings. The number of nitrogens with zero attached hydrogens (tertiary/aromatic N) is 2. The van der Waals surface area contributed by atoms with Crippen molar-refractivity contribution in [2.24, 2.45) is 0 Å². The van der Waals surface area contributed by atoms with Gasteiger partial charge in [0.2, 0.25) is 0 Å². The normalized spacial score (nSPS) is 20.4. The van der Waals surface area contributed by atoms with Crippen molar-refractivity contribution in [1.82, 2.24) is 9.80 Å². The molecule has 11 heteroatoms. The summed E-state index contributed by atoms with van der Waals surface area (Å²) in [5.41, 5.74) is 0.181. The van der Waals surface area contributed by atoms with E-state index in [1.165, 1.54) is 35.5 Å². The van der Waals surface area contributed by atoms with Gasteiger partial charge in [-0.1, -0.05) is 29.3 Å². The molecule has 2 saturated heterocycles. The molecular weight excluding hydrogens is 515 g/mol. The van der Waals surface area contributed by atoms with Gasteiger partial charge in [0.25, 0.3) is 11.7 Å². The van der Waals surface area contributed by atoms with Gasteiger partial charge in [0.15, 0.2) is 5.75 Å². The number of hydrogen-bond donors (Lipinski definition) is 1. The first-order valence-corrected chi connectivity index (χ1v) is 12.7. The first-order chi connectivity index (χ1) is 16.8. The Hall–Kier alpha value is -2.75. The summed E-state index contributed by atoms with van der Waals surface area (Å²) >= 11 is 13.9. The number of piperidine rings is 1. The molecule has 1 unspecified atom stereocenters. The molecule has 0 aliphatic carbocycles. The molecule has 35 heavy (non-hydrogen) atoms. The molecule has 1 N–H and O–H groups in total. The number of thiophene rings is 1. The number of likely N-dealkylation sites (tertiary alicyclic amines) is 2. The average molecular weight is 539 g/mol. The van der Waals surface area contributed by atoms with Gasteiger partial charge < -0.3 is 24.4 Å². The van der Waals surface area contributed by atoms with Crippen LogP contribution in [0.4, 0.5) is 4.79 Å². The molecule has 0 radical (unpaired) electrons. The maximum absolute atomic E-state index is 13.3. The first kappa shape index (κ1) is 25.3. The number of ketones is 1. The van der Waals surface area contributed by atoms with Crippen molar-refractivity contribution in [3.63, 3.8) is 0 Å². The number of aliphatic hydroxyl groups is 1. The zero-order chi connectivity index (χ0) is 25.3. The molecule has 4 rings (SSSR count). The third-order valence-corrected chi connectivity index (χ3v) is 7.64. The quantitative estimate of drug-likeness (QED) is 0.323. The van der Waals surface area contributed by atoms with Crippen LogP contribution in [0.15, 0.2) is 35.2 Å². The third kappa shape index (κ3) is 4.72. The van der Waals surface area contributed by atoms with Gasteiger partial charge in [-0.15, -0.1) is 11.3 Å². The SMILES string of the molecule is CCOC(=O)N1CCC(N2C(=O)C(=O)/C(=C(\O)c3cc(Cl)c(OC)c(Cl)c3)C2c2cccs2)CC1. The van der Waals surface area contributed by atoms with Gasteiger partial charge in [-0.2, -0.15) is 0 Å². The minimum atomic E-state index is -0.781. The lowest BCUT2D eigenvalue weighted by molar-refractivity contribution is -0.142. The lowest BCUT2D eigenvalue weighted by Crippen LogP contribution is -2.48. The van der Waals surface area contributed by atoms with Crippen molar-refractivity contribution >= 4 is 58.1 Å². The summed E-state index contributed by atoms with van der Waals surface area (Å²) in [6, 6.07) is 5.47. The second-order valence-electron chi connectivity index (χ2n) is 8.11. The lowest BCUT2D eigenvalue weighted by atomic mass is 9.97. The molecule has 1 atom stereocenters. The zero-order valence-corrected chi connectivity index (χ0v) is 21.5. The minimum absolute atomic E-state index is 0.0254. The van der Waals surface area contributed by atoms with Crippen molar-refractivity contribution in [1.29, 1.82) is 0 Å². The Balaban J connectivity index is 1.73. The number of carbonyl (C=O) groups is 3. The Morgan fingerprint density at radius 3 is 2.40 bits per heavy atom. The third-order valence-electron chi connectivity index (χ3n) is 6.15. The molecule has 186 valence electrons. The number of benzene rings is 1. The van der Waals surface area contributed by atoms with Crippen LogP contribution in [0.3, 0.4) is 0 Å². The molecule has 1 aromatic heterocycles. The van der Waals surface area contributed by atoms with Crippen LogP contribution in [0.5, 0.6) is 5.75 Å². The van der Waals surface area contributed by atoms with E-state index in [2.05, 4.69) is 0 Å². The summed E-state index contributed by atoms with van der Waals surface area (Å²) in [6.45, 7) is 2.82. The van der Waals surface area contributed by atoms with E-state index >= 15 is 0 Å². The number of Topliss-reactive ketones (excluding diaryl/α,β-unsaturated/α-hetero) is 1. The zero-order valence-electron chi connectivity index (χ0n) is 19.1. The van der Waals surface area contributed by atoms with Crippen molar-refractivity contribution in [3.05, 3.63) is 55.7 Å². The standard InChI is InChI=1S/C24H24Cl2N2O6S/c1-3-34-24(32)27-8-6-14(7-9-27)28-19(17-5-4-10-35-17)18(21(30)23(28)31)20(29)13-11-15(25)22(33-2)16(26)12-13/h4-5,10-12,14,19,29H,3,6-9H2,1-2H3/b20-18-. The van der Waals surface area contributed by atoms with Gasteiger partial charge in [-0.05, 0) is 43.3 Å². The topological polar surface area (TPSA) is 96.4 Å². The maximum Gasteiger partial charge on any atom is 0.409 e. The molecule has 3 heterocycles. The molecule has 2 fully saturated rings. The van der Waals surface area contributed by atoms with E-state index in [0.717, 1.165) is 4.88 Å². The fourth-order valence-electron chi connectivity index (χ4n) is 4.54. The molecule has 0 saturated carbocycles. The van der Waals surface area contributed by atoms with Gasteiger partial charge in [0.05, 0.1) is 35.4 Å². The highest BCUT2D eigenvalue weighted by Crippen LogP contribution is 2.45. The van der Waals surface area contributed by atoms with E-state index in [9.17, 15) is 19.5 Å². The van der Waals surface area contributed by atoms with Crippen LogP contribution in [0.25, 0.3) is 5.76 Å². The van der Waals surface area contributed by atoms with Crippen LogP contribution in [0.1, 0.15) is 36.2 Å². The number of halogens is 2. The fourth-order valence-corrected chi connectivity index (χ4v) is 6.01. The summed E-state index contributed by atoms with van der Waals surface area (Å²) in [4.78, 5) is 42.5. The summed E-state index contributed by atoms with van der Waals surface area (Å²) in [6.07, 6.45) is 0.568. The van der Waals surface area contributed by atoms with Crippen molar-refractivity contribution in [2.45, 2.75) is 31.8 Å². The summed E-state index contributed by atoms with van der Waals surface area (Å²) in [5.74, 6) is -1.59. The second-order valence-corrected chi connectivity index (χ2v) is 9.91. The molecule has 0 bridgehead atoms. The molecule has 0 spiro atoms. The second kappa shape index (κ2) is 10.5. The van der Waals surface area contributed by atoms with Gasteiger partial charge in [0.1, 0.15) is 5.76 Å². The highest BCUT2D eigenvalue weighted by molar-refractivity contribution is 7.10. The van der Waals surface area contributed by atoms with Crippen molar-refractivity contribution in [3.8, 4) is 5.75 Å². The monoisotopic (exact) mass is 538 g/mol. The van der Waals surface area contributed by atoms with Crippen molar-refractivity contribution in [2.75, 3.05) is 26.8 Å². The predicted molar refractivity (Wildman–Crippen MR) is 133 cm³/mol. The van der Waals surface area contributed by atoms with Gasteiger partial charge in [0, 0.05) is 29.6 Å². The van der Waals surface area contributed by atoms with Crippen LogP contribution >= 0.6 is 34.5 Å². The molecule has 8 nitrogen and oxygen atoms in total. The smallest absolute Gasteiger partial charge is 0.409 e. The summed E-state index contributed by atoms with van der Waals surface area (Å²) in [7, 11) is 1.42. The van der Waals surface area contributed by atoms with Crippen LogP contribution in [0, 0.1) is 0 Å². The van der Waals surface area contributed by atoms with Crippen LogP contribution < -0.4 is 4.74 Å². The number of carbonyl (C=O) groups excluding carboxylic acids is 3. The Morgan fingerprint density at radius 2 is 1.86 bits per heavy atom. The molecule has 2 aromatic rings. The van der Waals surface area contributed by atoms with Crippen LogP contribution in [0.2, 0.25) is 10.0 Å². The number of aliphatic hydroxyl groups excluding tert-OH is 1. The summed E-state index contributed by atoms with van der Waals surface area (Å²) < 4.78 is 10.2. The predicted octanol–water partition coefficient (Wildman–Crippen LogP) is 5.11. The number of hydrogen-bond acceptors (Lipinski definition) is 7. The van der Waals surface area contributed by atoms with E-state index in [1.54, 1.807) is 11.8 Å².